The number of hydrogen-bond donors (Lipinski definition) is 1. The molecule has 5 rings (SSSR count). The Labute approximate surface area is 180 Å². The monoisotopic (exact) mass is 411 g/mol. The molecule has 1 aliphatic carbocycles. The number of Topliss-reactive ketones (excluding diaryl/α,β-unsaturated/α-hetero) is 1. The highest BCUT2D eigenvalue weighted by atomic mass is 16.5. The van der Waals surface area contributed by atoms with Crippen LogP contribution in [-0.2, 0) is 9.59 Å². The minimum Gasteiger partial charge on any atom is -0.425 e. The Bertz CT molecular complexity index is 1220. The summed E-state index contributed by atoms with van der Waals surface area (Å²) in [6, 6.07) is 23.2. The number of nitrogens with one attached hydrogen (secondary N) is 1. The van der Waals surface area contributed by atoms with E-state index in [1.807, 2.05) is 37.3 Å². The minimum atomic E-state index is -1.63. The van der Waals surface area contributed by atoms with E-state index in [1.165, 1.54) is 0 Å². The van der Waals surface area contributed by atoms with Gasteiger partial charge in [0.1, 0.15) is 5.75 Å². The largest absolute Gasteiger partial charge is 0.425 e. The summed E-state index contributed by atoms with van der Waals surface area (Å²) in [6.07, 6.45) is 0. The maximum atomic E-state index is 13.7. The molecule has 1 aliphatic heterocycles. The van der Waals surface area contributed by atoms with E-state index >= 15 is 0 Å². The van der Waals surface area contributed by atoms with Crippen LogP contribution in [0.3, 0.4) is 0 Å². The van der Waals surface area contributed by atoms with Gasteiger partial charge in [-0.05, 0) is 32.0 Å². The zero-order valence-electron chi connectivity index (χ0n) is 17.2. The Morgan fingerprint density at radius 2 is 1.55 bits per heavy atom. The van der Waals surface area contributed by atoms with E-state index in [0.29, 0.717) is 22.6 Å². The third kappa shape index (κ3) is 2.53. The maximum absolute atomic E-state index is 13.7. The van der Waals surface area contributed by atoms with E-state index < -0.39 is 28.6 Å². The lowest BCUT2D eigenvalue weighted by molar-refractivity contribution is -0.147. The lowest BCUT2D eigenvalue weighted by Crippen LogP contribution is -2.42. The topological polar surface area (TPSA) is 72.5 Å². The first-order valence-electron chi connectivity index (χ1n) is 10.2. The van der Waals surface area contributed by atoms with Gasteiger partial charge >= 0.3 is 5.97 Å². The van der Waals surface area contributed by atoms with Gasteiger partial charge in [-0.2, -0.15) is 0 Å². The Hall–Kier alpha value is -3.73. The molecule has 1 N–H and O–H groups in total. The second-order valence-electron chi connectivity index (χ2n) is 8.39. The van der Waals surface area contributed by atoms with Crippen molar-refractivity contribution in [2.24, 2.45) is 10.8 Å². The molecular formula is C26H21NO4. The summed E-state index contributed by atoms with van der Waals surface area (Å²) in [5, 5.41) is 2.85. The first kappa shape index (κ1) is 19.2. The third-order valence-electron chi connectivity index (χ3n) is 6.68. The summed E-state index contributed by atoms with van der Waals surface area (Å²) >= 11 is 0. The first-order chi connectivity index (χ1) is 14.9. The van der Waals surface area contributed by atoms with Crippen LogP contribution in [0.25, 0.3) is 0 Å². The number of anilines is 1. The fourth-order valence-electron chi connectivity index (χ4n) is 5.01. The highest BCUT2D eigenvalue weighted by Crippen LogP contribution is 2.78. The van der Waals surface area contributed by atoms with Crippen molar-refractivity contribution in [1.82, 2.24) is 0 Å². The number of para-hydroxylation sites is 1. The second-order valence-corrected chi connectivity index (χ2v) is 8.39. The molecule has 3 aromatic rings. The van der Waals surface area contributed by atoms with Crippen LogP contribution in [0.2, 0.25) is 0 Å². The SMILES string of the molecule is Cc1ccc(NC(=O)C23C(=O)Oc4ccccc4C2C3(C)C(=O)c2ccccc2)cc1. The summed E-state index contributed by atoms with van der Waals surface area (Å²) in [4.78, 5) is 40.6. The minimum absolute atomic E-state index is 0.245. The van der Waals surface area contributed by atoms with Crippen molar-refractivity contribution >= 4 is 23.3 Å². The lowest BCUT2D eigenvalue weighted by atomic mass is 9.86. The molecule has 0 bridgehead atoms. The fourth-order valence-corrected chi connectivity index (χ4v) is 5.01. The molecule has 31 heavy (non-hydrogen) atoms. The number of esters is 1. The Morgan fingerprint density at radius 1 is 0.903 bits per heavy atom. The Kier molecular flexibility index (Phi) is 4.12. The van der Waals surface area contributed by atoms with Gasteiger partial charge in [-0.25, -0.2) is 0 Å². The van der Waals surface area contributed by atoms with Crippen LogP contribution >= 0.6 is 0 Å². The van der Waals surface area contributed by atoms with Crippen molar-refractivity contribution in [1.29, 1.82) is 0 Å². The van der Waals surface area contributed by atoms with Crippen molar-refractivity contribution in [3.05, 3.63) is 95.6 Å². The number of carbonyl (C=O) groups excluding carboxylic acids is 3. The number of fused-ring (bicyclic) bond motifs is 3. The Balaban J connectivity index is 1.63. The molecule has 0 radical (unpaired) electrons. The van der Waals surface area contributed by atoms with Gasteiger partial charge in [-0.3, -0.25) is 14.4 Å². The van der Waals surface area contributed by atoms with Gasteiger partial charge in [0.05, 0.1) is 5.41 Å². The molecule has 154 valence electrons. The number of carbonyl (C=O) groups is 3. The molecule has 0 spiro atoms. The van der Waals surface area contributed by atoms with Crippen LogP contribution in [0.15, 0.2) is 78.9 Å². The highest BCUT2D eigenvalue weighted by Gasteiger charge is 2.88. The smallest absolute Gasteiger partial charge is 0.328 e. The summed E-state index contributed by atoms with van der Waals surface area (Å²) in [5.41, 5.74) is -0.0982. The molecule has 1 heterocycles. The number of ketones is 1. The van der Waals surface area contributed by atoms with Crippen LogP contribution in [0, 0.1) is 17.8 Å². The number of benzene rings is 3. The zero-order chi connectivity index (χ0) is 21.8. The quantitative estimate of drug-likeness (QED) is 0.296. The summed E-state index contributed by atoms with van der Waals surface area (Å²) in [6.45, 7) is 3.65. The molecule has 3 unspecified atom stereocenters. The maximum Gasteiger partial charge on any atom is 0.328 e. The van der Waals surface area contributed by atoms with Crippen LogP contribution in [0.1, 0.15) is 34.3 Å². The number of amides is 1. The average Bonchev–Trinajstić information content (AvgIpc) is 3.39. The van der Waals surface area contributed by atoms with E-state index in [0.717, 1.165) is 5.56 Å². The summed E-state index contributed by atoms with van der Waals surface area (Å²) in [7, 11) is 0. The van der Waals surface area contributed by atoms with Crippen LogP contribution in [0.4, 0.5) is 5.69 Å². The van der Waals surface area contributed by atoms with Gasteiger partial charge in [0.2, 0.25) is 5.91 Å². The number of hydrogen-bond acceptors (Lipinski definition) is 4. The molecule has 0 aromatic heterocycles. The highest BCUT2D eigenvalue weighted by molar-refractivity contribution is 6.23. The van der Waals surface area contributed by atoms with Gasteiger partial charge in [0.15, 0.2) is 11.2 Å². The van der Waals surface area contributed by atoms with E-state index in [-0.39, 0.29) is 5.78 Å². The predicted molar refractivity (Wildman–Crippen MR) is 116 cm³/mol. The number of aryl methyl sites for hydroxylation is 1. The van der Waals surface area contributed by atoms with Crippen molar-refractivity contribution in [2.45, 2.75) is 19.8 Å². The van der Waals surface area contributed by atoms with Crippen LogP contribution < -0.4 is 10.1 Å². The Morgan fingerprint density at radius 3 is 2.26 bits per heavy atom. The molecule has 1 amide bonds. The third-order valence-corrected chi connectivity index (χ3v) is 6.68. The molecule has 5 nitrogen and oxygen atoms in total. The predicted octanol–water partition coefficient (Wildman–Crippen LogP) is 4.53. The van der Waals surface area contributed by atoms with Gasteiger partial charge in [0.25, 0.3) is 0 Å². The van der Waals surface area contributed by atoms with Crippen molar-refractivity contribution in [2.75, 3.05) is 5.32 Å². The van der Waals surface area contributed by atoms with Gasteiger partial charge in [-0.15, -0.1) is 0 Å². The molecule has 1 fully saturated rings. The summed E-state index contributed by atoms with van der Waals surface area (Å²) in [5.74, 6) is -1.65. The van der Waals surface area contributed by atoms with E-state index in [9.17, 15) is 14.4 Å². The standard InChI is InChI=1S/C26H21NO4/c1-16-12-14-18(15-13-16)27-23(29)26-21(19-10-6-7-11-20(19)31-24(26)30)25(26,2)22(28)17-8-4-3-5-9-17/h3-15,21H,1-2H3,(H,27,29). The van der Waals surface area contributed by atoms with Crippen LogP contribution in [-0.4, -0.2) is 17.7 Å². The van der Waals surface area contributed by atoms with E-state index in [4.69, 9.17) is 4.74 Å². The zero-order valence-corrected chi connectivity index (χ0v) is 17.2. The number of rotatable bonds is 4. The lowest BCUT2D eigenvalue weighted by Gasteiger charge is -2.23. The average molecular weight is 411 g/mol. The molecule has 0 saturated heterocycles. The van der Waals surface area contributed by atoms with Crippen molar-refractivity contribution < 1.29 is 19.1 Å². The molecule has 5 heteroatoms. The van der Waals surface area contributed by atoms with Crippen molar-refractivity contribution in [3.63, 3.8) is 0 Å². The molecule has 3 aromatic carbocycles. The van der Waals surface area contributed by atoms with Crippen LogP contribution in [0.5, 0.6) is 5.75 Å². The van der Waals surface area contributed by atoms with Gasteiger partial charge in [-0.1, -0.05) is 66.2 Å². The first-order valence-corrected chi connectivity index (χ1v) is 10.2. The molecule has 3 atom stereocenters. The van der Waals surface area contributed by atoms with E-state index in [2.05, 4.69) is 5.32 Å². The molecule has 2 aliphatic rings. The number of ether oxygens (including phenoxy) is 1. The van der Waals surface area contributed by atoms with Gasteiger partial charge < -0.3 is 10.1 Å². The fraction of sp³-hybridized carbons (Fsp3) is 0.192. The second kappa shape index (κ2) is 6.64. The van der Waals surface area contributed by atoms with Crippen molar-refractivity contribution in [3.8, 4) is 5.75 Å². The van der Waals surface area contributed by atoms with Gasteiger partial charge in [0, 0.05) is 22.7 Å². The summed E-state index contributed by atoms with van der Waals surface area (Å²) < 4.78 is 5.60. The van der Waals surface area contributed by atoms with E-state index in [1.54, 1.807) is 55.5 Å². The molecular weight excluding hydrogens is 390 g/mol. The normalized spacial score (nSPS) is 25.6. The molecule has 1 saturated carbocycles.